The lowest BCUT2D eigenvalue weighted by molar-refractivity contribution is -0.152. The molecule has 0 saturated heterocycles. The SMILES string of the molecule is NC(=O)N[C@H](CC(=O)OCC(=O)N1CCc2ccccc2C1)c1ccccc1Cl. The molecule has 0 saturated carbocycles. The summed E-state index contributed by atoms with van der Waals surface area (Å²) in [5.74, 6) is -0.889. The normalized spacial score (nSPS) is 13.9. The standard InChI is InChI=1S/C21H22ClN3O4/c22-17-8-4-3-7-16(17)18(24-21(23)28)11-20(27)29-13-19(26)25-10-9-14-5-1-2-6-15(14)12-25/h1-8,18H,9-13H2,(H3,23,24,28)/t18-/m1/s1. The minimum absolute atomic E-state index is 0.192. The summed E-state index contributed by atoms with van der Waals surface area (Å²) >= 11 is 6.15. The lowest BCUT2D eigenvalue weighted by Crippen LogP contribution is -2.39. The van der Waals surface area contributed by atoms with Gasteiger partial charge in [-0.15, -0.1) is 0 Å². The number of nitrogens with two attached hydrogens (primary N) is 1. The Morgan fingerprint density at radius 3 is 2.52 bits per heavy atom. The summed E-state index contributed by atoms with van der Waals surface area (Å²) in [7, 11) is 0. The van der Waals surface area contributed by atoms with E-state index >= 15 is 0 Å². The van der Waals surface area contributed by atoms with Gasteiger partial charge in [-0.3, -0.25) is 9.59 Å². The van der Waals surface area contributed by atoms with Crippen LogP contribution in [-0.4, -0.2) is 36.0 Å². The van der Waals surface area contributed by atoms with E-state index in [1.807, 2.05) is 18.2 Å². The molecule has 3 N–H and O–H groups in total. The van der Waals surface area contributed by atoms with E-state index in [0.29, 0.717) is 23.7 Å². The van der Waals surface area contributed by atoms with Crippen molar-refractivity contribution in [2.75, 3.05) is 13.2 Å². The Morgan fingerprint density at radius 1 is 1.10 bits per heavy atom. The second-order valence-electron chi connectivity index (χ2n) is 6.78. The fourth-order valence-electron chi connectivity index (χ4n) is 3.34. The van der Waals surface area contributed by atoms with E-state index in [4.69, 9.17) is 22.1 Å². The van der Waals surface area contributed by atoms with Crippen molar-refractivity contribution < 1.29 is 19.1 Å². The van der Waals surface area contributed by atoms with Crippen molar-refractivity contribution in [3.63, 3.8) is 0 Å². The Morgan fingerprint density at radius 2 is 1.79 bits per heavy atom. The molecule has 1 atom stereocenters. The molecule has 3 amide bonds. The van der Waals surface area contributed by atoms with E-state index in [2.05, 4.69) is 11.4 Å². The molecular formula is C21H22ClN3O4. The van der Waals surface area contributed by atoms with Crippen LogP contribution in [0.4, 0.5) is 4.79 Å². The van der Waals surface area contributed by atoms with Crippen LogP contribution in [0, 0.1) is 0 Å². The summed E-state index contributed by atoms with van der Waals surface area (Å²) in [6.45, 7) is 0.726. The molecule has 3 rings (SSSR count). The van der Waals surface area contributed by atoms with Crippen LogP contribution in [0.5, 0.6) is 0 Å². The second-order valence-corrected chi connectivity index (χ2v) is 7.19. The fraction of sp³-hybridized carbons (Fsp3) is 0.286. The number of esters is 1. The highest BCUT2D eigenvalue weighted by Crippen LogP contribution is 2.25. The van der Waals surface area contributed by atoms with Crippen molar-refractivity contribution in [1.29, 1.82) is 0 Å². The van der Waals surface area contributed by atoms with Crippen LogP contribution in [0.3, 0.4) is 0 Å². The predicted molar refractivity (Wildman–Crippen MR) is 108 cm³/mol. The molecule has 0 unspecified atom stereocenters. The third kappa shape index (κ3) is 5.48. The van der Waals surface area contributed by atoms with Crippen LogP contribution in [0.25, 0.3) is 0 Å². The molecule has 0 spiro atoms. The number of fused-ring (bicyclic) bond motifs is 1. The molecule has 0 fully saturated rings. The van der Waals surface area contributed by atoms with E-state index in [1.165, 1.54) is 5.56 Å². The fourth-order valence-corrected chi connectivity index (χ4v) is 3.60. The van der Waals surface area contributed by atoms with Gasteiger partial charge in [0.25, 0.3) is 5.91 Å². The number of carbonyl (C=O) groups excluding carboxylic acids is 3. The number of carbonyl (C=O) groups is 3. The number of hydrogen-bond acceptors (Lipinski definition) is 4. The Balaban J connectivity index is 1.56. The number of benzene rings is 2. The quantitative estimate of drug-likeness (QED) is 0.708. The zero-order chi connectivity index (χ0) is 20.8. The van der Waals surface area contributed by atoms with Gasteiger partial charge in [-0.2, -0.15) is 0 Å². The van der Waals surface area contributed by atoms with E-state index in [0.717, 1.165) is 12.0 Å². The minimum Gasteiger partial charge on any atom is -0.455 e. The number of nitrogens with zero attached hydrogens (tertiary/aromatic N) is 1. The van der Waals surface area contributed by atoms with Crippen LogP contribution < -0.4 is 11.1 Å². The van der Waals surface area contributed by atoms with E-state index < -0.39 is 18.0 Å². The summed E-state index contributed by atoms with van der Waals surface area (Å²) in [4.78, 5) is 37.7. The first-order valence-electron chi connectivity index (χ1n) is 9.24. The van der Waals surface area contributed by atoms with Crippen molar-refractivity contribution in [1.82, 2.24) is 10.2 Å². The van der Waals surface area contributed by atoms with Gasteiger partial charge < -0.3 is 20.7 Å². The number of urea groups is 1. The highest BCUT2D eigenvalue weighted by atomic mass is 35.5. The van der Waals surface area contributed by atoms with Gasteiger partial charge in [-0.25, -0.2) is 4.79 Å². The van der Waals surface area contributed by atoms with E-state index in [-0.39, 0.29) is 18.9 Å². The average Bonchev–Trinajstić information content (AvgIpc) is 2.71. The topological polar surface area (TPSA) is 102 Å². The van der Waals surface area contributed by atoms with Crippen LogP contribution in [0.1, 0.15) is 29.2 Å². The first kappa shape index (κ1) is 20.7. The first-order chi connectivity index (χ1) is 13.9. The second kappa shape index (κ2) is 9.43. The van der Waals surface area contributed by atoms with Crippen LogP contribution in [0.2, 0.25) is 5.02 Å². The molecule has 2 aromatic rings. The highest BCUT2D eigenvalue weighted by Gasteiger charge is 2.24. The molecular weight excluding hydrogens is 394 g/mol. The summed E-state index contributed by atoms with van der Waals surface area (Å²) in [6.07, 6.45) is 0.579. The van der Waals surface area contributed by atoms with E-state index in [9.17, 15) is 14.4 Å². The Kier molecular flexibility index (Phi) is 6.72. The van der Waals surface area contributed by atoms with Gasteiger partial charge in [0.2, 0.25) is 0 Å². The summed E-state index contributed by atoms with van der Waals surface area (Å²) in [6, 6.07) is 13.2. The maximum atomic E-state index is 12.4. The molecule has 7 nitrogen and oxygen atoms in total. The van der Waals surface area contributed by atoms with Crippen LogP contribution in [-0.2, 0) is 27.3 Å². The maximum Gasteiger partial charge on any atom is 0.312 e. The molecule has 0 radical (unpaired) electrons. The third-order valence-electron chi connectivity index (χ3n) is 4.81. The zero-order valence-electron chi connectivity index (χ0n) is 15.8. The van der Waals surface area contributed by atoms with Crippen molar-refractivity contribution in [2.24, 2.45) is 5.73 Å². The number of primary amides is 1. The van der Waals surface area contributed by atoms with E-state index in [1.54, 1.807) is 29.2 Å². The summed E-state index contributed by atoms with van der Waals surface area (Å²) in [5.41, 5.74) is 8.08. The number of rotatable bonds is 6. The monoisotopic (exact) mass is 415 g/mol. The third-order valence-corrected chi connectivity index (χ3v) is 5.15. The molecule has 1 aliphatic heterocycles. The summed E-state index contributed by atoms with van der Waals surface area (Å²) < 4.78 is 5.15. The molecule has 29 heavy (non-hydrogen) atoms. The highest BCUT2D eigenvalue weighted by molar-refractivity contribution is 6.31. The molecule has 2 aromatic carbocycles. The number of hydrogen-bond donors (Lipinski definition) is 2. The lowest BCUT2D eigenvalue weighted by Gasteiger charge is -2.28. The minimum atomic E-state index is -0.786. The lowest BCUT2D eigenvalue weighted by atomic mass is 10.00. The molecule has 1 aliphatic rings. The van der Waals surface area contributed by atoms with Crippen molar-refractivity contribution >= 4 is 29.5 Å². The van der Waals surface area contributed by atoms with Gasteiger partial charge in [0, 0.05) is 18.1 Å². The molecule has 152 valence electrons. The summed E-state index contributed by atoms with van der Waals surface area (Å²) in [5, 5.41) is 2.88. The Bertz CT molecular complexity index is 918. The number of nitrogens with one attached hydrogen (secondary N) is 1. The van der Waals surface area contributed by atoms with Crippen molar-refractivity contribution in [2.45, 2.75) is 25.4 Å². The maximum absolute atomic E-state index is 12.4. The van der Waals surface area contributed by atoms with Crippen molar-refractivity contribution in [3.05, 3.63) is 70.2 Å². The molecule has 0 aromatic heterocycles. The Hall–Kier alpha value is -3.06. The largest absolute Gasteiger partial charge is 0.455 e. The van der Waals surface area contributed by atoms with Crippen LogP contribution in [0.15, 0.2) is 48.5 Å². The van der Waals surface area contributed by atoms with Gasteiger partial charge in [-0.1, -0.05) is 54.1 Å². The van der Waals surface area contributed by atoms with Gasteiger partial charge in [0.15, 0.2) is 6.61 Å². The number of halogens is 1. The Labute approximate surface area is 173 Å². The van der Waals surface area contributed by atoms with Gasteiger partial charge in [-0.05, 0) is 29.2 Å². The van der Waals surface area contributed by atoms with Crippen LogP contribution >= 0.6 is 11.6 Å². The van der Waals surface area contributed by atoms with Crippen molar-refractivity contribution in [3.8, 4) is 0 Å². The number of amides is 3. The predicted octanol–water partition coefficient (Wildman–Crippen LogP) is 2.57. The molecule has 8 heteroatoms. The molecule has 0 bridgehead atoms. The first-order valence-corrected chi connectivity index (χ1v) is 9.62. The number of ether oxygens (including phenoxy) is 1. The van der Waals surface area contributed by atoms with Gasteiger partial charge >= 0.3 is 12.0 Å². The molecule has 1 heterocycles. The van der Waals surface area contributed by atoms with Gasteiger partial charge in [0.1, 0.15) is 0 Å². The smallest absolute Gasteiger partial charge is 0.312 e. The van der Waals surface area contributed by atoms with Gasteiger partial charge in [0.05, 0.1) is 12.5 Å². The average molecular weight is 416 g/mol. The zero-order valence-corrected chi connectivity index (χ0v) is 16.5. The molecule has 0 aliphatic carbocycles.